The zero-order valence-electron chi connectivity index (χ0n) is 10.6. The maximum absolute atomic E-state index is 11.7. The van der Waals surface area contributed by atoms with E-state index in [4.69, 9.17) is 4.74 Å². The van der Waals surface area contributed by atoms with Crippen molar-refractivity contribution >= 4 is 11.6 Å². The van der Waals surface area contributed by atoms with E-state index in [0.717, 1.165) is 11.3 Å². The van der Waals surface area contributed by atoms with Crippen LogP contribution >= 0.6 is 0 Å². The maximum Gasteiger partial charge on any atom is 0.249 e. The van der Waals surface area contributed by atoms with Gasteiger partial charge < -0.3 is 14.5 Å². The largest absolute Gasteiger partial charge is 0.369 e. The normalized spacial score (nSPS) is 12.6. The Hall–Kier alpha value is -1.88. The molecule has 2 aromatic heterocycles. The minimum Gasteiger partial charge on any atom is -0.369 e. The average Bonchev–Trinajstić information content (AvgIpc) is 2.78. The molecule has 0 saturated heterocycles. The van der Waals surface area contributed by atoms with Crippen LogP contribution in [0.3, 0.4) is 0 Å². The number of hydrogen-bond donors (Lipinski definition) is 1. The molecule has 0 spiro atoms. The number of nitrogens with zero attached hydrogens (tertiary/aromatic N) is 2. The molecule has 0 aliphatic rings. The number of nitrogens with one attached hydrogen (secondary N) is 1. The SMILES string of the molecule is CCO[C@@H](C)C(=O)NCc1cn2ccccc2n1. The Kier molecular flexibility index (Phi) is 3.94. The second kappa shape index (κ2) is 5.64. The van der Waals surface area contributed by atoms with Crippen LogP contribution in [0, 0.1) is 0 Å². The highest BCUT2D eigenvalue weighted by Gasteiger charge is 2.12. The number of carbonyl (C=O) groups excluding carboxylic acids is 1. The number of hydrogen-bond acceptors (Lipinski definition) is 3. The van der Waals surface area contributed by atoms with Gasteiger partial charge in [0.2, 0.25) is 5.91 Å². The molecule has 0 aliphatic heterocycles. The molecule has 5 nitrogen and oxygen atoms in total. The first-order chi connectivity index (χ1) is 8.70. The Labute approximate surface area is 106 Å². The van der Waals surface area contributed by atoms with Gasteiger partial charge in [0, 0.05) is 19.0 Å². The summed E-state index contributed by atoms with van der Waals surface area (Å²) in [4.78, 5) is 16.0. The van der Waals surface area contributed by atoms with Crippen LogP contribution in [-0.2, 0) is 16.1 Å². The van der Waals surface area contributed by atoms with Crippen molar-refractivity contribution in [3.8, 4) is 0 Å². The van der Waals surface area contributed by atoms with Crippen molar-refractivity contribution < 1.29 is 9.53 Å². The number of rotatable bonds is 5. The van der Waals surface area contributed by atoms with Gasteiger partial charge in [-0.3, -0.25) is 4.79 Å². The van der Waals surface area contributed by atoms with Gasteiger partial charge in [0.05, 0.1) is 12.2 Å². The monoisotopic (exact) mass is 247 g/mol. The summed E-state index contributed by atoms with van der Waals surface area (Å²) in [5, 5.41) is 2.80. The lowest BCUT2D eigenvalue weighted by molar-refractivity contribution is -0.131. The highest BCUT2D eigenvalue weighted by Crippen LogP contribution is 2.04. The summed E-state index contributed by atoms with van der Waals surface area (Å²) in [6.07, 6.45) is 3.41. The van der Waals surface area contributed by atoms with Crippen molar-refractivity contribution in [2.24, 2.45) is 0 Å². The zero-order valence-corrected chi connectivity index (χ0v) is 10.6. The van der Waals surface area contributed by atoms with Gasteiger partial charge in [0.25, 0.3) is 0 Å². The van der Waals surface area contributed by atoms with Crippen LogP contribution in [0.5, 0.6) is 0 Å². The summed E-state index contributed by atoms with van der Waals surface area (Å²) in [7, 11) is 0. The number of carbonyl (C=O) groups is 1. The third-order valence-corrected chi connectivity index (χ3v) is 2.64. The van der Waals surface area contributed by atoms with Gasteiger partial charge in [-0.15, -0.1) is 0 Å². The summed E-state index contributed by atoms with van der Waals surface area (Å²) in [6.45, 7) is 4.55. The molecule has 2 rings (SSSR count). The molecule has 2 heterocycles. The predicted octanol–water partition coefficient (Wildman–Crippen LogP) is 1.38. The number of fused-ring (bicyclic) bond motifs is 1. The summed E-state index contributed by atoms with van der Waals surface area (Å²) in [5.41, 5.74) is 1.71. The molecule has 1 N–H and O–H groups in total. The second-order valence-electron chi connectivity index (χ2n) is 4.01. The van der Waals surface area contributed by atoms with Gasteiger partial charge >= 0.3 is 0 Å². The number of ether oxygens (including phenoxy) is 1. The molecule has 0 aliphatic carbocycles. The fourth-order valence-electron chi connectivity index (χ4n) is 1.72. The molecule has 5 heteroatoms. The van der Waals surface area contributed by atoms with Crippen LogP contribution in [0.1, 0.15) is 19.5 Å². The molecule has 0 bridgehead atoms. The van der Waals surface area contributed by atoms with Crippen molar-refractivity contribution in [3.63, 3.8) is 0 Å². The lowest BCUT2D eigenvalue weighted by Crippen LogP contribution is -2.34. The lowest BCUT2D eigenvalue weighted by atomic mass is 10.3. The fourth-order valence-corrected chi connectivity index (χ4v) is 1.72. The third kappa shape index (κ3) is 2.87. The lowest BCUT2D eigenvalue weighted by Gasteiger charge is -2.10. The number of imidazole rings is 1. The Morgan fingerprint density at radius 1 is 1.56 bits per heavy atom. The summed E-state index contributed by atoms with van der Waals surface area (Å²) < 4.78 is 7.14. The summed E-state index contributed by atoms with van der Waals surface area (Å²) >= 11 is 0. The van der Waals surface area contributed by atoms with Gasteiger partial charge in [0.1, 0.15) is 11.8 Å². The first-order valence-electron chi connectivity index (χ1n) is 6.02. The van der Waals surface area contributed by atoms with E-state index < -0.39 is 6.10 Å². The molecule has 96 valence electrons. The fraction of sp³-hybridized carbons (Fsp3) is 0.385. The molecule has 1 atom stereocenters. The molecule has 0 unspecified atom stereocenters. The average molecular weight is 247 g/mol. The standard InChI is InChI=1S/C13H17N3O2/c1-3-18-10(2)13(17)14-8-11-9-16-7-5-4-6-12(16)15-11/h4-7,9-10H,3,8H2,1-2H3,(H,14,17)/t10-/m0/s1. The van der Waals surface area contributed by atoms with E-state index in [1.165, 1.54) is 0 Å². The van der Waals surface area contributed by atoms with E-state index in [1.807, 2.05) is 41.9 Å². The first kappa shape index (κ1) is 12.6. The third-order valence-electron chi connectivity index (χ3n) is 2.64. The van der Waals surface area contributed by atoms with Crippen LogP contribution < -0.4 is 5.32 Å². The summed E-state index contributed by atoms with van der Waals surface area (Å²) in [6, 6.07) is 5.80. The molecule has 1 amide bonds. The van der Waals surface area contributed by atoms with Crippen LogP contribution in [0.4, 0.5) is 0 Å². The molecule has 18 heavy (non-hydrogen) atoms. The van der Waals surface area contributed by atoms with E-state index in [0.29, 0.717) is 13.2 Å². The Bertz CT molecular complexity index is 503. The highest BCUT2D eigenvalue weighted by molar-refractivity contribution is 5.80. The van der Waals surface area contributed by atoms with E-state index in [1.54, 1.807) is 6.92 Å². The minimum absolute atomic E-state index is 0.117. The summed E-state index contributed by atoms with van der Waals surface area (Å²) in [5.74, 6) is -0.117. The first-order valence-corrected chi connectivity index (χ1v) is 6.02. The topological polar surface area (TPSA) is 55.6 Å². The van der Waals surface area contributed by atoms with Crippen molar-refractivity contribution in [1.82, 2.24) is 14.7 Å². The van der Waals surface area contributed by atoms with E-state index >= 15 is 0 Å². The molecular weight excluding hydrogens is 230 g/mol. The molecule has 0 fully saturated rings. The number of pyridine rings is 1. The van der Waals surface area contributed by atoms with Crippen molar-refractivity contribution in [2.75, 3.05) is 6.61 Å². The molecule has 0 aromatic carbocycles. The van der Waals surface area contributed by atoms with Gasteiger partial charge in [-0.05, 0) is 26.0 Å². The molecular formula is C13H17N3O2. The van der Waals surface area contributed by atoms with Gasteiger partial charge in [-0.25, -0.2) is 4.98 Å². The molecule has 2 aromatic rings. The van der Waals surface area contributed by atoms with E-state index in [2.05, 4.69) is 10.3 Å². The number of amides is 1. The Morgan fingerprint density at radius 2 is 2.39 bits per heavy atom. The van der Waals surface area contributed by atoms with E-state index in [-0.39, 0.29) is 5.91 Å². The van der Waals surface area contributed by atoms with Crippen LogP contribution in [0.15, 0.2) is 30.6 Å². The maximum atomic E-state index is 11.7. The molecule has 0 radical (unpaired) electrons. The Balaban J connectivity index is 1.95. The van der Waals surface area contributed by atoms with E-state index in [9.17, 15) is 4.79 Å². The van der Waals surface area contributed by atoms with Gasteiger partial charge in [0.15, 0.2) is 0 Å². The molecule has 0 saturated carbocycles. The van der Waals surface area contributed by atoms with Crippen LogP contribution in [0.2, 0.25) is 0 Å². The van der Waals surface area contributed by atoms with Crippen molar-refractivity contribution in [3.05, 3.63) is 36.3 Å². The smallest absolute Gasteiger partial charge is 0.249 e. The number of aromatic nitrogens is 2. The van der Waals surface area contributed by atoms with Gasteiger partial charge in [-0.2, -0.15) is 0 Å². The Morgan fingerprint density at radius 3 is 3.11 bits per heavy atom. The van der Waals surface area contributed by atoms with Crippen LogP contribution in [0.25, 0.3) is 5.65 Å². The van der Waals surface area contributed by atoms with Crippen molar-refractivity contribution in [2.45, 2.75) is 26.5 Å². The quantitative estimate of drug-likeness (QED) is 0.868. The van der Waals surface area contributed by atoms with Crippen molar-refractivity contribution in [1.29, 1.82) is 0 Å². The predicted molar refractivity (Wildman–Crippen MR) is 68.1 cm³/mol. The minimum atomic E-state index is -0.424. The second-order valence-corrected chi connectivity index (χ2v) is 4.01. The van der Waals surface area contributed by atoms with Crippen LogP contribution in [-0.4, -0.2) is 28.0 Å². The zero-order chi connectivity index (χ0) is 13.0. The van der Waals surface area contributed by atoms with Gasteiger partial charge in [-0.1, -0.05) is 6.07 Å². The highest BCUT2D eigenvalue weighted by atomic mass is 16.5.